The van der Waals surface area contributed by atoms with Gasteiger partial charge in [0, 0.05) is 57.1 Å². The van der Waals surface area contributed by atoms with Crippen molar-refractivity contribution in [1.29, 1.82) is 0 Å². The van der Waals surface area contributed by atoms with Gasteiger partial charge in [-0.3, -0.25) is 14.5 Å². The van der Waals surface area contributed by atoms with Crippen molar-refractivity contribution in [3.8, 4) is 11.1 Å². The van der Waals surface area contributed by atoms with E-state index in [2.05, 4.69) is 15.5 Å². The smallest absolute Gasteiger partial charge is 0.306 e. The fourth-order valence-electron chi connectivity index (χ4n) is 6.11. The molecule has 1 saturated carbocycles. The summed E-state index contributed by atoms with van der Waals surface area (Å²) in [6.45, 7) is 4.60. The Morgan fingerprint density at radius 2 is 1.77 bits per heavy atom. The normalized spacial score (nSPS) is 19.4. The number of benzene rings is 2. The van der Waals surface area contributed by atoms with Crippen LogP contribution < -0.4 is 10.6 Å². The number of rotatable bonds is 7. The summed E-state index contributed by atoms with van der Waals surface area (Å²) in [7, 11) is 3.79. The molecule has 1 aromatic heterocycles. The first kappa shape index (κ1) is 27.2. The lowest BCUT2D eigenvalue weighted by atomic mass is 9.81. The number of imidazole rings is 1. The van der Waals surface area contributed by atoms with E-state index < -0.39 is 5.97 Å². The molecule has 2 aromatic carbocycles. The van der Waals surface area contributed by atoms with Crippen molar-refractivity contribution in [3.05, 3.63) is 64.2 Å². The van der Waals surface area contributed by atoms with Crippen molar-refractivity contribution >= 4 is 34.9 Å². The van der Waals surface area contributed by atoms with Crippen LogP contribution in [-0.2, 0) is 24.8 Å². The summed E-state index contributed by atoms with van der Waals surface area (Å²) in [6.07, 6.45) is 4.26. The van der Waals surface area contributed by atoms with Crippen LogP contribution in [0.15, 0.2) is 36.4 Å². The van der Waals surface area contributed by atoms with Crippen LogP contribution in [0, 0.1) is 18.8 Å². The largest absolute Gasteiger partial charge is 0.481 e. The molecule has 2 heterocycles. The first-order valence-corrected chi connectivity index (χ1v) is 14.0. The first-order valence-electron chi connectivity index (χ1n) is 13.6. The Hall–Kier alpha value is -3.36. The lowest BCUT2D eigenvalue weighted by Gasteiger charge is -2.33. The van der Waals surface area contributed by atoms with Gasteiger partial charge in [-0.25, -0.2) is 4.98 Å². The van der Waals surface area contributed by atoms with E-state index in [1.165, 1.54) is 0 Å². The highest BCUT2D eigenvalue weighted by atomic mass is 35.5. The van der Waals surface area contributed by atoms with Gasteiger partial charge in [0.1, 0.15) is 0 Å². The van der Waals surface area contributed by atoms with Crippen LogP contribution in [0.5, 0.6) is 0 Å². The Bertz CT molecular complexity index is 1390. The van der Waals surface area contributed by atoms with E-state index >= 15 is 0 Å². The van der Waals surface area contributed by atoms with Crippen molar-refractivity contribution < 1.29 is 14.7 Å². The number of carbonyl (C=O) groups is 2. The monoisotopic (exact) mass is 549 g/mol. The average Bonchev–Trinajstić information content (AvgIpc) is 3.26. The molecule has 1 aliphatic heterocycles. The minimum absolute atomic E-state index is 0.192. The van der Waals surface area contributed by atoms with Gasteiger partial charge in [-0.15, -0.1) is 0 Å². The quantitative estimate of drug-likeness (QED) is 0.355. The van der Waals surface area contributed by atoms with Crippen LogP contribution >= 0.6 is 11.6 Å². The number of carboxylic acid groups (broad SMARTS) is 1. The Morgan fingerprint density at radius 1 is 1.08 bits per heavy atom. The van der Waals surface area contributed by atoms with Gasteiger partial charge in [0.2, 0.25) is 0 Å². The number of fused-ring (bicyclic) bond motifs is 1. The molecule has 3 aromatic rings. The van der Waals surface area contributed by atoms with E-state index in [0.717, 1.165) is 79.0 Å². The standard InChI is InChI=1S/C30H36ClN5O3/c1-18-21(6-4-8-23(18)32-2)22-7-5-9-24(27(22)31)34-29(37)28-33-25-17-36(15-14-26(25)35(28)3)16-19-10-12-20(13-11-19)30(38)39/h4-9,19-20,32H,10-17H2,1-3H3,(H,34,37)(H,38,39)/t19-,20+. The molecule has 2 aliphatic rings. The average molecular weight is 550 g/mol. The zero-order chi connectivity index (χ0) is 27.7. The molecule has 1 amide bonds. The predicted octanol–water partition coefficient (Wildman–Crippen LogP) is 5.59. The van der Waals surface area contributed by atoms with E-state index in [1.54, 1.807) is 0 Å². The summed E-state index contributed by atoms with van der Waals surface area (Å²) in [5.74, 6) is -0.256. The van der Waals surface area contributed by atoms with Crippen LogP contribution in [0.2, 0.25) is 5.02 Å². The van der Waals surface area contributed by atoms with Crippen LogP contribution in [0.25, 0.3) is 11.1 Å². The van der Waals surface area contributed by atoms with Gasteiger partial charge in [0.05, 0.1) is 22.3 Å². The molecule has 9 heteroatoms. The maximum Gasteiger partial charge on any atom is 0.306 e. The zero-order valence-corrected chi connectivity index (χ0v) is 23.5. The summed E-state index contributed by atoms with van der Waals surface area (Å²) in [4.78, 5) is 31.8. The third-order valence-corrected chi connectivity index (χ3v) is 8.80. The minimum Gasteiger partial charge on any atom is -0.481 e. The molecule has 1 fully saturated rings. The fourth-order valence-corrected chi connectivity index (χ4v) is 6.39. The fraction of sp³-hybridized carbons (Fsp3) is 0.433. The molecule has 5 rings (SSSR count). The molecule has 206 valence electrons. The summed E-state index contributed by atoms with van der Waals surface area (Å²) >= 11 is 6.82. The van der Waals surface area contributed by atoms with Crippen molar-refractivity contribution in [2.24, 2.45) is 18.9 Å². The second kappa shape index (κ2) is 11.4. The zero-order valence-electron chi connectivity index (χ0n) is 22.8. The number of hydrogen-bond acceptors (Lipinski definition) is 5. The number of aromatic nitrogens is 2. The van der Waals surface area contributed by atoms with Gasteiger partial charge in [-0.05, 0) is 61.8 Å². The molecule has 0 radical (unpaired) electrons. The third-order valence-electron chi connectivity index (χ3n) is 8.39. The van der Waals surface area contributed by atoms with Crippen molar-refractivity contribution in [2.45, 2.75) is 45.6 Å². The molecule has 0 bridgehead atoms. The molecule has 1 aliphatic carbocycles. The lowest BCUT2D eigenvalue weighted by molar-refractivity contribution is -0.143. The minimum atomic E-state index is -0.665. The van der Waals surface area contributed by atoms with Gasteiger partial charge in [0.25, 0.3) is 5.91 Å². The van der Waals surface area contributed by atoms with Gasteiger partial charge in [-0.2, -0.15) is 0 Å². The van der Waals surface area contributed by atoms with Gasteiger partial charge in [-0.1, -0.05) is 35.9 Å². The lowest BCUT2D eigenvalue weighted by Crippen LogP contribution is -2.36. The topological polar surface area (TPSA) is 99.5 Å². The summed E-state index contributed by atoms with van der Waals surface area (Å²) in [5, 5.41) is 16.0. The predicted molar refractivity (Wildman–Crippen MR) is 154 cm³/mol. The summed E-state index contributed by atoms with van der Waals surface area (Å²) in [6, 6.07) is 11.7. The maximum absolute atomic E-state index is 13.4. The van der Waals surface area contributed by atoms with Crippen LogP contribution in [0.1, 0.15) is 53.3 Å². The number of halogens is 1. The molecule has 8 nitrogen and oxygen atoms in total. The number of aliphatic carboxylic acids is 1. The van der Waals surface area contributed by atoms with Crippen LogP contribution in [-0.4, -0.2) is 51.6 Å². The maximum atomic E-state index is 13.4. The second-order valence-corrected chi connectivity index (χ2v) is 11.2. The van der Waals surface area contributed by atoms with E-state index in [0.29, 0.717) is 29.0 Å². The number of nitrogens with zero attached hydrogens (tertiary/aromatic N) is 3. The molecule has 0 saturated heterocycles. The molecule has 3 N–H and O–H groups in total. The van der Waals surface area contributed by atoms with E-state index in [9.17, 15) is 14.7 Å². The van der Waals surface area contributed by atoms with Crippen LogP contribution in [0.4, 0.5) is 11.4 Å². The van der Waals surface area contributed by atoms with Gasteiger partial charge in [0.15, 0.2) is 5.82 Å². The van der Waals surface area contributed by atoms with Crippen molar-refractivity contribution in [1.82, 2.24) is 14.5 Å². The highest BCUT2D eigenvalue weighted by Gasteiger charge is 2.30. The number of carboxylic acids is 1. The Morgan fingerprint density at radius 3 is 2.46 bits per heavy atom. The number of anilines is 2. The highest BCUT2D eigenvalue weighted by Crippen LogP contribution is 2.37. The number of amides is 1. The highest BCUT2D eigenvalue weighted by molar-refractivity contribution is 6.36. The molecular formula is C30H36ClN5O3. The molecular weight excluding hydrogens is 514 g/mol. The van der Waals surface area contributed by atoms with Crippen molar-refractivity contribution in [2.75, 3.05) is 30.8 Å². The summed E-state index contributed by atoms with van der Waals surface area (Å²) in [5.41, 5.74) is 6.55. The summed E-state index contributed by atoms with van der Waals surface area (Å²) < 4.78 is 1.90. The molecule has 0 unspecified atom stereocenters. The first-order chi connectivity index (χ1) is 18.8. The Kier molecular flexibility index (Phi) is 7.96. The number of hydrogen-bond donors (Lipinski definition) is 3. The van der Waals surface area contributed by atoms with E-state index in [-0.39, 0.29) is 11.8 Å². The number of carbonyl (C=O) groups excluding carboxylic acids is 1. The van der Waals surface area contributed by atoms with E-state index in [1.807, 2.05) is 62.0 Å². The SMILES string of the molecule is CNc1cccc(-c2cccc(NC(=O)c3nc4c(n3C)CCN(C[C@H]3CC[C@@H](C(=O)O)CC3)C4)c2Cl)c1C. The number of nitrogens with one attached hydrogen (secondary N) is 2. The molecule has 0 spiro atoms. The van der Waals surface area contributed by atoms with Gasteiger partial charge >= 0.3 is 5.97 Å². The Balaban J connectivity index is 1.29. The second-order valence-electron chi connectivity index (χ2n) is 10.8. The van der Waals surface area contributed by atoms with Gasteiger partial charge < -0.3 is 20.3 Å². The third kappa shape index (κ3) is 5.54. The molecule has 0 atom stereocenters. The van der Waals surface area contributed by atoms with Crippen LogP contribution in [0.3, 0.4) is 0 Å². The van der Waals surface area contributed by atoms with Crippen molar-refractivity contribution in [3.63, 3.8) is 0 Å². The Labute approximate surface area is 234 Å². The molecule has 39 heavy (non-hydrogen) atoms. The van der Waals surface area contributed by atoms with E-state index in [4.69, 9.17) is 16.6 Å².